The second-order valence-corrected chi connectivity index (χ2v) is 4.65. The first kappa shape index (κ1) is 13.5. The van der Waals surface area contributed by atoms with Gasteiger partial charge in [0.15, 0.2) is 0 Å². The van der Waals surface area contributed by atoms with E-state index in [0.717, 1.165) is 25.6 Å². The number of carbonyl (C=O) groups is 1. The van der Waals surface area contributed by atoms with Crippen LogP contribution in [-0.2, 0) is 4.79 Å². The topological polar surface area (TPSA) is 32.3 Å². The first-order valence-corrected chi connectivity index (χ1v) is 6.78. The lowest BCUT2D eigenvalue weighted by Crippen LogP contribution is -2.40. The molecule has 3 nitrogen and oxygen atoms in total. The number of carbonyl (C=O) groups excluding carboxylic acids is 1. The summed E-state index contributed by atoms with van der Waals surface area (Å²) in [6.07, 6.45) is 7.04. The molecule has 1 aliphatic heterocycles. The quantitative estimate of drug-likeness (QED) is 0.704. The van der Waals surface area contributed by atoms with Gasteiger partial charge in [-0.05, 0) is 32.2 Å². The van der Waals surface area contributed by atoms with Crippen molar-refractivity contribution in [3.63, 3.8) is 0 Å². The molecule has 1 heterocycles. The van der Waals surface area contributed by atoms with E-state index in [0.29, 0.717) is 6.42 Å². The molecular weight excluding hydrogens is 200 g/mol. The lowest BCUT2D eigenvalue weighted by atomic mass is 10.00. The smallest absolute Gasteiger partial charge is 0.219 e. The van der Waals surface area contributed by atoms with Crippen molar-refractivity contribution < 1.29 is 4.79 Å². The van der Waals surface area contributed by atoms with Gasteiger partial charge in [0.2, 0.25) is 5.91 Å². The number of amides is 1. The summed E-state index contributed by atoms with van der Waals surface area (Å²) >= 11 is 0. The highest BCUT2D eigenvalue weighted by molar-refractivity contribution is 5.75. The first-order chi connectivity index (χ1) is 7.77. The highest BCUT2D eigenvalue weighted by atomic mass is 16.1. The number of rotatable bonds is 6. The van der Waals surface area contributed by atoms with E-state index in [1.807, 2.05) is 6.92 Å². The minimum atomic E-state index is 0.172. The number of hydrogen-bond donors (Lipinski definition) is 1. The van der Waals surface area contributed by atoms with Crippen molar-refractivity contribution in [1.82, 2.24) is 10.2 Å². The van der Waals surface area contributed by atoms with Crippen LogP contribution in [0.4, 0.5) is 0 Å². The van der Waals surface area contributed by atoms with Crippen molar-refractivity contribution in [1.29, 1.82) is 0 Å². The van der Waals surface area contributed by atoms with Gasteiger partial charge in [-0.1, -0.05) is 20.3 Å². The van der Waals surface area contributed by atoms with Gasteiger partial charge in [0.05, 0.1) is 0 Å². The van der Waals surface area contributed by atoms with Gasteiger partial charge in [0.1, 0.15) is 0 Å². The lowest BCUT2D eigenvalue weighted by molar-refractivity contribution is -0.120. The van der Waals surface area contributed by atoms with Gasteiger partial charge in [-0.25, -0.2) is 0 Å². The Morgan fingerprint density at radius 1 is 1.38 bits per heavy atom. The molecule has 1 amide bonds. The Balaban J connectivity index is 2.13. The van der Waals surface area contributed by atoms with E-state index in [9.17, 15) is 4.79 Å². The molecule has 16 heavy (non-hydrogen) atoms. The third-order valence-corrected chi connectivity index (χ3v) is 3.49. The molecular formula is C13H26N2O. The number of nitrogens with one attached hydrogen (secondary N) is 1. The van der Waals surface area contributed by atoms with E-state index in [-0.39, 0.29) is 5.91 Å². The predicted octanol–water partition coefficient (Wildman–Crippen LogP) is 2.17. The average molecular weight is 226 g/mol. The third kappa shape index (κ3) is 4.52. The number of hydrogen-bond acceptors (Lipinski definition) is 2. The number of piperidine rings is 1. The third-order valence-electron chi connectivity index (χ3n) is 3.49. The molecule has 1 atom stereocenters. The van der Waals surface area contributed by atoms with Crippen LogP contribution in [-0.4, -0.2) is 36.5 Å². The summed E-state index contributed by atoms with van der Waals surface area (Å²) in [5.74, 6) is 0.172. The average Bonchev–Trinajstić information content (AvgIpc) is 2.34. The molecule has 0 unspecified atom stereocenters. The van der Waals surface area contributed by atoms with Crippen molar-refractivity contribution in [2.24, 2.45) is 0 Å². The Bertz CT molecular complexity index is 206. The van der Waals surface area contributed by atoms with Gasteiger partial charge >= 0.3 is 0 Å². The van der Waals surface area contributed by atoms with Crippen LogP contribution >= 0.6 is 0 Å². The highest BCUT2D eigenvalue weighted by Crippen LogP contribution is 2.19. The van der Waals surface area contributed by atoms with Crippen LogP contribution in [0.2, 0.25) is 0 Å². The van der Waals surface area contributed by atoms with Crippen LogP contribution in [0.5, 0.6) is 0 Å². The molecule has 0 aliphatic carbocycles. The summed E-state index contributed by atoms with van der Waals surface area (Å²) in [6.45, 7) is 7.40. The molecule has 0 bridgehead atoms. The van der Waals surface area contributed by atoms with Crippen LogP contribution < -0.4 is 5.32 Å². The minimum Gasteiger partial charge on any atom is -0.356 e. The standard InChI is InChI=1S/C13H26N2O/c1-3-12-8-5-6-10-15(12)11-7-9-14-13(16)4-2/h12H,3-11H2,1-2H3,(H,14,16)/t12-/m1/s1. The molecule has 0 aromatic heterocycles. The molecule has 1 rings (SSSR count). The normalized spacial score (nSPS) is 22.0. The van der Waals surface area contributed by atoms with E-state index >= 15 is 0 Å². The van der Waals surface area contributed by atoms with Crippen molar-refractivity contribution in [2.45, 2.75) is 58.4 Å². The SMILES string of the molecule is CCC(=O)NCCCN1CCCC[C@H]1CC. The number of likely N-dealkylation sites (tertiary alicyclic amines) is 1. The zero-order chi connectivity index (χ0) is 11.8. The van der Waals surface area contributed by atoms with Gasteiger partial charge in [-0.2, -0.15) is 0 Å². The Hall–Kier alpha value is -0.570. The van der Waals surface area contributed by atoms with Crippen LogP contribution in [0.1, 0.15) is 52.4 Å². The predicted molar refractivity (Wildman–Crippen MR) is 67.4 cm³/mol. The van der Waals surface area contributed by atoms with E-state index in [1.165, 1.54) is 32.2 Å². The fourth-order valence-electron chi connectivity index (χ4n) is 2.45. The maximum atomic E-state index is 11.1. The van der Waals surface area contributed by atoms with Gasteiger partial charge in [-0.3, -0.25) is 4.79 Å². The van der Waals surface area contributed by atoms with E-state index < -0.39 is 0 Å². The Morgan fingerprint density at radius 2 is 2.19 bits per heavy atom. The van der Waals surface area contributed by atoms with Crippen molar-refractivity contribution in [3.05, 3.63) is 0 Å². The summed E-state index contributed by atoms with van der Waals surface area (Å²) < 4.78 is 0. The second-order valence-electron chi connectivity index (χ2n) is 4.65. The fraction of sp³-hybridized carbons (Fsp3) is 0.923. The van der Waals surface area contributed by atoms with Crippen molar-refractivity contribution in [2.75, 3.05) is 19.6 Å². The number of nitrogens with zero attached hydrogens (tertiary/aromatic N) is 1. The summed E-state index contributed by atoms with van der Waals surface area (Å²) in [4.78, 5) is 13.7. The maximum absolute atomic E-state index is 11.1. The van der Waals surface area contributed by atoms with E-state index in [1.54, 1.807) is 0 Å². The molecule has 0 spiro atoms. The highest BCUT2D eigenvalue weighted by Gasteiger charge is 2.19. The largest absolute Gasteiger partial charge is 0.356 e. The second kappa shape index (κ2) is 7.66. The van der Waals surface area contributed by atoms with Crippen LogP contribution in [0.25, 0.3) is 0 Å². The van der Waals surface area contributed by atoms with Crippen molar-refractivity contribution >= 4 is 5.91 Å². The van der Waals surface area contributed by atoms with Gasteiger partial charge in [0.25, 0.3) is 0 Å². The van der Waals surface area contributed by atoms with Crippen LogP contribution in [0.3, 0.4) is 0 Å². The fourth-order valence-corrected chi connectivity index (χ4v) is 2.45. The summed E-state index contributed by atoms with van der Waals surface area (Å²) in [5.41, 5.74) is 0. The monoisotopic (exact) mass is 226 g/mol. The van der Waals surface area contributed by atoms with E-state index in [2.05, 4.69) is 17.1 Å². The molecule has 0 saturated carbocycles. The molecule has 0 aromatic rings. The van der Waals surface area contributed by atoms with Crippen LogP contribution in [0.15, 0.2) is 0 Å². The molecule has 0 radical (unpaired) electrons. The molecule has 1 fully saturated rings. The maximum Gasteiger partial charge on any atom is 0.219 e. The van der Waals surface area contributed by atoms with Gasteiger partial charge in [0, 0.05) is 25.6 Å². The molecule has 3 heteroatoms. The van der Waals surface area contributed by atoms with Crippen molar-refractivity contribution in [3.8, 4) is 0 Å². The molecule has 1 N–H and O–H groups in total. The molecule has 94 valence electrons. The zero-order valence-corrected chi connectivity index (χ0v) is 10.8. The lowest BCUT2D eigenvalue weighted by Gasteiger charge is -2.35. The molecule has 1 saturated heterocycles. The Kier molecular flexibility index (Phi) is 6.46. The molecule has 1 aliphatic rings. The molecule has 0 aromatic carbocycles. The van der Waals surface area contributed by atoms with E-state index in [4.69, 9.17) is 0 Å². The first-order valence-electron chi connectivity index (χ1n) is 6.78. The summed E-state index contributed by atoms with van der Waals surface area (Å²) in [7, 11) is 0. The Labute approximate surface area is 99.6 Å². The summed E-state index contributed by atoms with van der Waals surface area (Å²) in [5, 5.41) is 2.94. The Morgan fingerprint density at radius 3 is 2.88 bits per heavy atom. The zero-order valence-electron chi connectivity index (χ0n) is 10.8. The van der Waals surface area contributed by atoms with Gasteiger partial charge in [-0.15, -0.1) is 0 Å². The van der Waals surface area contributed by atoms with Gasteiger partial charge < -0.3 is 10.2 Å². The minimum absolute atomic E-state index is 0.172. The summed E-state index contributed by atoms with van der Waals surface area (Å²) in [6, 6.07) is 0.788. The van der Waals surface area contributed by atoms with Crippen LogP contribution in [0, 0.1) is 0 Å².